The number of methoxy groups -OCH3 is 2. The van der Waals surface area contributed by atoms with Gasteiger partial charge in [0.2, 0.25) is 5.75 Å². The Bertz CT molecular complexity index is 1470. The van der Waals surface area contributed by atoms with Gasteiger partial charge in [-0.1, -0.05) is 24.6 Å². The average molecular weight is 537 g/mol. The average Bonchev–Trinajstić information content (AvgIpc) is 3.19. The van der Waals surface area contributed by atoms with Gasteiger partial charge in [0.15, 0.2) is 5.82 Å². The van der Waals surface area contributed by atoms with Crippen molar-refractivity contribution in [3.8, 4) is 11.6 Å². The number of hydrogen-bond donors (Lipinski definition) is 1. The molecule has 11 nitrogen and oxygen atoms in total. The number of para-hydroxylation sites is 1. The number of carbonyl (C=O) groups excluding carboxylic acids is 1. The van der Waals surface area contributed by atoms with Crippen LogP contribution in [0.25, 0.3) is 0 Å². The zero-order chi connectivity index (χ0) is 26.7. The normalized spacial score (nSPS) is 16.9. The molecule has 0 saturated carbocycles. The van der Waals surface area contributed by atoms with Crippen molar-refractivity contribution in [2.45, 2.75) is 24.2 Å². The molecule has 5 rings (SSSR count). The van der Waals surface area contributed by atoms with Gasteiger partial charge >= 0.3 is 0 Å². The third-order valence-electron chi connectivity index (χ3n) is 6.48. The van der Waals surface area contributed by atoms with Crippen molar-refractivity contribution in [3.63, 3.8) is 0 Å². The molecule has 0 radical (unpaired) electrons. The first kappa shape index (κ1) is 25.6. The van der Waals surface area contributed by atoms with E-state index in [0.29, 0.717) is 18.1 Å². The van der Waals surface area contributed by atoms with E-state index in [0.717, 1.165) is 37.2 Å². The monoisotopic (exact) mass is 536 g/mol. The highest BCUT2D eigenvalue weighted by molar-refractivity contribution is 7.92. The summed E-state index contributed by atoms with van der Waals surface area (Å²) in [6.07, 6.45) is 4.65. The van der Waals surface area contributed by atoms with Crippen LogP contribution in [-0.2, 0) is 14.8 Å². The number of rotatable bonds is 8. The summed E-state index contributed by atoms with van der Waals surface area (Å²) in [4.78, 5) is 29.9. The molecule has 0 aliphatic carbocycles. The number of aliphatic imine (C=N–C) groups is 1. The second-order valence-corrected chi connectivity index (χ2v) is 10.6. The predicted octanol–water partition coefficient (Wildman–Crippen LogP) is 3.21. The quantitative estimate of drug-likeness (QED) is 0.465. The molecule has 1 saturated heterocycles. The minimum atomic E-state index is -4.00. The van der Waals surface area contributed by atoms with E-state index in [1.807, 2.05) is 24.3 Å². The molecule has 198 valence electrons. The van der Waals surface area contributed by atoms with Gasteiger partial charge in [-0.3, -0.25) is 19.3 Å². The van der Waals surface area contributed by atoms with Crippen LogP contribution < -0.4 is 19.1 Å². The molecule has 2 aromatic carbocycles. The molecule has 1 fully saturated rings. The van der Waals surface area contributed by atoms with Crippen LogP contribution in [0.1, 0.15) is 24.8 Å². The molecular weight excluding hydrogens is 508 g/mol. The summed E-state index contributed by atoms with van der Waals surface area (Å²) in [6.45, 7) is 2.46. The first-order chi connectivity index (χ1) is 18.4. The number of carbonyl (C=O) groups is 1. The molecule has 0 spiro atoms. The molecule has 0 bridgehead atoms. The van der Waals surface area contributed by atoms with Crippen molar-refractivity contribution in [2.24, 2.45) is 4.99 Å². The molecule has 2 aliphatic rings. The Morgan fingerprint density at radius 3 is 2.42 bits per heavy atom. The van der Waals surface area contributed by atoms with Crippen LogP contribution in [0.3, 0.4) is 0 Å². The lowest BCUT2D eigenvalue weighted by Crippen LogP contribution is -2.43. The molecule has 2 aliphatic heterocycles. The molecular formula is C26H28N6O5S. The Morgan fingerprint density at radius 2 is 1.71 bits per heavy atom. The van der Waals surface area contributed by atoms with Gasteiger partial charge in [-0.15, -0.1) is 0 Å². The van der Waals surface area contributed by atoms with Gasteiger partial charge in [0.25, 0.3) is 21.8 Å². The van der Waals surface area contributed by atoms with Gasteiger partial charge in [0, 0.05) is 5.56 Å². The number of piperidine rings is 1. The lowest BCUT2D eigenvalue weighted by molar-refractivity contribution is -0.112. The SMILES string of the molecule is COc1ncnc(NS(=O)(=O)c2ccc(N=C3C(=O)N(CN4CCCCC4)c4ccccc43)cc2)c1OC. The third kappa shape index (κ3) is 5.04. The maximum Gasteiger partial charge on any atom is 0.278 e. The van der Waals surface area contributed by atoms with Crippen LogP contribution in [0, 0.1) is 0 Å². The first-order valence-electron chi connectivity index (χ1n) is 12.2. The fraction of sp³-hybridized carbons (Fsp3) is 0.308. The Labute approximate surface area is 221 Å². The Morgan fingerprint density at radius 1 is 0.974 bits per heavy atom. The number of aromatic nitrogens is 2. The summed E-state index contributed by atoms with van der Waals surface area (Å²) in [5, 5.41) is 0. The summed E-state index contributed by atoms with van der Waals surface area (Å²) in [5.74, 6) is -0.0538. The van der Waals surface area contributed by atoms with Crippen molar-refractivity contribution in [2.75, 3.05) is 43.6 Å². The summed E-state index contributed by atoms with van der Waals surface area (Å²) >= 11 is 0. The number of ether oxygens (including phenoxy) is 2. The topological polar surface area (TPSA) is 126 Å². The van der Waals surface area contributed by atoms with Crippen LogP contribution in [0.4, 0.5) is 17.2 Å². The minimum absolute atomic E-state index is 0.00837. The maximum atomic E-state index is 13.4. The molecule has 38 heavy (non-hydrogen) atoms. The summed E-state index contributed by atoms with van der Waals surface area (Å²) in [7, 11) is -1.25. The maximum absolute atomic E-state index is 13.4. The van der Waals surface area contributed by atoms with Gasteiger partial charge in [-0.2, -0.15) is 4.98 Å². The van der Waals surface area contributed by atoms with E-state index < -0.39 is 10.0 Å². The molecule has 1 N–H and O–H groups in total. The van der Waals surface area contributed by atoms with Crippen molar-refractivity contribution >= 4 is 38.8 Å². The van der Waals surface area contributed by atoms with Gasteiger partial charge in [-0.05, 0) is 56.3 Å². The van der Waals surface area contributed by atoms with E-state index in [2.05, 4.69) is 24.6 Å². The molecule has 0 atom stereocenters. The third-order valence-corrected chi connectivity index (χ3v) is 7.83. The molecule has 3 aromatic rings. The van der Waals surface area contributed by atoms with Crippen molar-refractivity contribution < 1.29 is 22.7 Å². The van der Waals surface area contributed by atoms with Crippen LogP contribution in [-0.4, -0.2) is 68.9 Å². The van der Waals surface area contributed by atoms with Crippen molar-refractivity contribution in [1.29, 1.82) is 0 Å². The number of sulfonamides is 1. The van der Waals surface area contributed by atoms with E-state index in [4.69, 9.17) is 9.47 Å². The highest BCUT2D eigenvalue weighted by Gasteiger charge is 2.35. The first-order valence-corrected chi connectivity index (χ1v) is 13.7. The fourth-order valence-corrected chi connectivity index (χ4v) is 5.60. The van der Waals surface area contributed by atoms with Crippen LogP contribution in [0.15, 0.2) is 64.7 Å². The summed E-state index contributed by atoms with van der Waals surface area (Å²) in [6, 6.07) is 13.6. The largest absolute Gasteiger partial charge is 0.489 e. The minimum Gasteiger partial charge on any atom is -0.489 e. The van der Waals surface area contributed by atoms with Crippen LogP contribution >= 0.6 is 0 Å². The lowest BCUT2D eigenvalue weighted by atomic mass is 10.1. The second kappa shape index (κ2) is 10.8. The van der Waals surface area contributed by atoms with Gasteiger partial charge in [-0.25, -0.2) is 18.4 Å². The lowest BCUT2D eigenvalue weighted by Gasteiger charge is -2.30. The second-order valence-electron chi connectivity index (χ2n) is 8.90. The zero-order valence-corrected chi connectivity index (χ0v) is 21.9. The molecule has 1 aromatic heterocycles. The number of amides is 1. The van der Waals surface area contributed by atoms with Crippen molar-refractivity contribution in [1.82, 2.24) is 14.9 Å². The molecule has 3 heterocycles. The summed E-state index contributed by atoms with van der Waals surface area (Å²) < 4.78 is 38.7. The highest BCUT2D eigenvalue weighted by Crippen LogP contribution is 2.33. The fourth-order valence-electron chi connectivity index (χ4n) is 4.59. The number of nitrogens with one attached hydrogen (secondary N) is 1. The van der Waals surface area contributed by atoms with Gasteiger partial charge in [0.1, 0.15) is 12.0 Å². The predicted molar refractivity (Wildman–Crippen MR) is 143 cm³/mol. The van der Waals surface area contributed by atoms with E-state index in [-0.39, 0.29) is 28.3 Å². The number of likely N-dealkylation sites (tertiary alicyclic amines) is 1. The summed E-state index contributed by atoms with van der Waals surface area (Å²) in [5.41, 5.74) is 2.39. The van der Waals surface area contributed by atoms with Crippen LogP contribution in [0.2, 0.25) is 0 Å². The smallest absolute Gasteiger partial charge is 0.278 e. The molecule has 12 heteroatoms. The van der Waals surface area contributed by atoms with Crippen LogP contribution in [0.5, 0.6) is 11.6 Å². The Balaban J connectivity index is 1.39. The van der Waals surface area contributed by atoms with Crippen molar-refractivity contribution in [3.05, 3.63) is 60.4 Å². The molecule has 1 amide bonds. The molecule has 0 unspecified atom stereocenters. The van der Waals surface area contributed by atoms with E-state index in [1.54, 1.807) is 17.0 Å². The number of benzene rings is 2. The number of fused-ring (bicyclic) bond motifs is 1. The van der Waals surface area contributed by atoms with E-state index in [1.165, 1.54) is 39.1 Å². The number of anilines is 2. The zero-order valence-electron chi connectivity index (χ0n) is 21.1. The standard InChI is InChI=1S/C26H28N6O5S/c1-36-23-24(27-16-28-25(23)37-2)30-38(34,35)19-12-10-18(11-13-19)29-22-20-8-4-5-9-21(20)32(26(22)33)17-31-14-6-3-7-15-31/h4-5,8-13,16H,3,6-7,14-15,17H2,1-2H3,(H,27,28,30). The Hall–Kier alpha value is -4.03. The number of hydrogen-bond acceptors (Lipinski definition) is 9. The van der Waals surface area contributed by atoms with Gasteiger partial charge < -0.3 is 9.47 Å². The number of nitrogens with zero attached hydrogens (tertiary/aromatic N) is 5. The Kier molecular flexibility index (Phi) is 7.25. The van der Waals surface area contributed by atoms with E-state index in [9.17, 15) is 13.2 Å². The van der Waals surface area contributed by atoms with E-state index >= 15 is 0 Å². The van der Waals surface area contributed by atoms with Gasteiger partial charge in [0.05, 0.1) is 37.2 Å². The highest BCUT2D eigenvalue weighted by atomic mass is 32.2.